The second kappa shape index (κ2) is 3.70. The zero-order chi connectivity index (χ0) is 10.9. The second-order valence-electron chi connectivity index (χ2n) is 2.32. The molecule has 0 radical (unpaired) electrons. The van der Waals surface area contributed by atoms with Crippen molar-refractivity contribution in [1.29, 1.82) is 0 Å². The maximum Gasteiger partial charge on any atom is 0.336 e. The van der Waals surface area contributed by atoms with Gasteiger partial charge in [-0.2, -0.15) is 4.39 Å². The number of benzene rings is 1. The predicted molar refractivity (Wildman–Crippen MR) is 47.7 cm³/mol. The minimum Gasteiger partial charge on any atom is -0.478 e. The van der Waals surface area contributed by atoms with Crippen LogP contribution in [0.1, 0.15) is 10.4 Å². The standard InChI is InChI=1S/C7H3BrFNO4/c8-5-3(7(11)12)1-2-4(6(5)9)10(13)14/h1-2H,(H,11,12). The van der Waals surface area contributed by atoms with Gasteiger partial charge in [-0.05, 0) is 22.0 Å². The summed E-state index contributed by atoms with van der Waals surface area (Å²) < 4.78 is 12.7. The van der Waals surface area contributed by atoms with Gasteiger partial charge in [0, 0.05) is 6.07 Å². The highest BCUT2D eigenvalue weighted by molar-refractivity contribution is 9.10. The minimum atomic E-state index is -1.36. The van der Waals surface area contributed by atoms with Gasteiger partial charge in [-0.15, -0.1) is 0 Å². The van der Waals surface area contributed by atoms with Crippen LogP contribution in [-0.2, 0) is 0 Å². The molecule has 1 rings (SSSR count). The van der Waals surface area contributed by atoms with Gasteiger partial charge in [0.15, 0.2) is 0 Å². The van der Waals surface area contributed by atoms with E-state index in [9.17, 15) is 19.3 Å². The largest absolute Gasteiger partial charge is 0.478 e. The van der Waals surface area contributed by atoms with E-state index in [1.54, 1.807) is 0 Å². The first-order valence-electron chi connectivity index (χ1n) is 3.31. The van der Waals surface area contributed by atoms with Gasteiger partial charge in [0.25, 0.3) is 0 Å². The summed E-state index contributed by atoms with van der Waals surface area (Å²) in [6.07, 6.45) is 0. The fraction of sp³-hybridized carbons (Fsp3) is 0. The van der Waals surface area contributed by atoms with Crippen LogP contribution in [0.4, 0.5) is 10.1 Å². The number of rotatable bonds is 2. The number of nitrogens with zero attached hydrogens (tertiary/aromatic N) is 1. The molecule has 0 saturated heterocycles. The quantitative estimate of drug-likeness (QED) is 0.655. The van der Waals surface area contributed by atoms with E-state index in [0.717, 1.165) is 12.1 Å². The summed E-state index contributed by atoms with van der Waals surface area (Å²) in [6, 6.07) is 1.77. The number of carboxylic acids is 1. The summed E-state index contributed by atoms with van der Waals surface area (Å²) in [5, 5.41) is 18.8. The molecular formula is C7H3BrFNO4. The Bertz CT molecular complexity index is 381. The second-order valence-corrected chi connectivity index (χ2v) is 3.12. The summed E-state index contributed by atoms with van der Waals surface area (Å²) in [4.78, 5) is 19.8. The molecule has 1 aromatic rings. The lowest BCUT2D eigenvalue weighted by molar-refractivity contribution is -0.387. The Balaban J connectivity index is 3.41. The zero-order valence-electron chi connectivity index (χ0n) is 6.53. The number of aromatic carboxylic acids is 1. The molecule has 1 N–H and O–H groups in total. The van der Waals surface area contributed by atoms with Crippen LogP contribution < -0.4 is 0 Å². The van der Waals surface area contributed by atoms with Crippen LogP contribution in [0, 0.1) is 15.9 Å². The monoisotopic (exact) mass is 263 g/mol. The van der Waals surface area contributed by atoms with Gasteiger partial charge in [0.2, 0.25) is 5.82 Å². The predicted octanol–water partition coefficient (Wildman–Crippen LogP) is 2.19. The summed E-state index contributed by atoms with van der Waals surface area (Å²) in [7, 11) is 0. The van der Waals surface area contributed by atoms with Crippen molar-refractivity contribution in [2.24, 2.45) is 0 Å². The number of hydrogen-bond acceptors (Lipinski definition) is 3. The molecule has 14 heavy (non-hydrogen) atoms. The summed E-state index contributed by atoms with van der Waals surface area (Å²) in [5.41, 5.74) is -1.12. The molecule has 0 amide bonds. The Hall–Kier alpha value is -1.50. The van der Waals surface area contributed by atoms with Gasteiger partial charge >= 0.3 is 11.7 Å². The van der Waals surface area contributed by atoms with E-state index in [2.05, 4.69) is 15.9 Å². The molecular weight excluding hydrogens is 261 g/mol. The van der Waals surface area contributed by atoms with Crippen LogP contribution in [0.25, 0.3) is 0 Å². The number of halogens is 2. The molecule has 1 aromatic carbocycles. The average Bonchev–Trinajstić information content (AvgIpc) is 2.08. The van der Waals surface area contributed by atoms with E-state index in [4.69, 9.17) is 5.11 Å². The molecule has 0 unspecified atom stereocenters. The topological polar surface area (TPSA) is 80.4 Å². The van der Waals surface area contributed by atoms with Crippen molar-refractivity contribution in [1.82, 2.24) is 0 Å². The van der Waals surface area contributed by atoms with E-state index >= 15 is 0 Å². The Morgan fingerprint density at radius 1 is 1.57 bits per heavy atom. The van der Waals surface area contributed by atoms with E-state index < -0.39 is 26.9 Å². The molecule has 7 heteroatoms. The summed E-state index contributed by atoms with van der Waals surface area (Å²) in [5.74, 6) is -2.54. The van der Waals surface area contributed by atoms with Crippen molar-refractivity contribution >= 4 is 27.6 Å². The van der Waals surface area contributed by atoms with Crippen LogP contribution >= 0.6 is 15.9 Å². The summed E-state index contributed by atoms with van der Waals surface area (Å²) >= 11 is 2.64. The Labute approximate surface area is 85.4 Å². The highest BCUT2D eigenvalue weighted by atomic mass is 79.9. The molecule has 0 spiro atoms. The number of nitro groups is 1. The van der Waals surface area contributed by atoms with Crippen molar-refractivity contribution < 1.29 is 19.2 Å². The van der Waals surface area contributed by atoms with Gasteiger partial charge in [0.1, 0.15) is 0 Å². The van der Waals surface area contributed by atoms with Crippen LogP contribution in [0.3, 0.4) is 0 Å². The third kappa shape index (κ3) is 1.72. The van der Waals surface area contributed by atoms with Gasteiger partial charge in [-0.3, -0.25) is 10.1 Å². The first-order chi connectivity index (χ1) is 6.45. The molecule has 0 aliphatic heterocycles. The maximum absolute atomic E-state index is 13.1. The molecule has 0 bridgehead atoms. The van der Waals surface area contributed by atoms with Gasteiger partial charge in [0.05, 0.1) is 15.0 Å². The fourth-order valence-corrected chi connectivity index (χ4v) is 1.35. The van der Waals surface area contributed by atoms with Crippen LogP contribution in [0.15, 0.2) is 16.6 Å². The van der Waals surface area contributed by atoms with E-state index in [1.807, 2.05) is 0 Å². The molecule has 0 heterocycles. The van der Waals surface area contributed by atoms with Crippen molar-refractivity contribution in [3.8, 4) is 0 Å². The molecule has 0 atom stereocenters. The van der Waals surface area contributed by atoms with Crippen LogP contribution in [-0.4, -0.2) is 16.0 Å². The SMILES string of the molecule is O=C(O)c1ccc([N+](=O)[O-])c(F)c1Br. The highest BCUT2D eigenvalue weighted by Gasteiger charge is 2.21. The van der Waals surface area contributed by atoms with Gasteiger partial charge in [-0.1, -0.05) is 0 Å². The highest BCUT2D eigenvalue weighted by Crippen LogP contribution is 2.28. The number of nitro benzene ring substituents is 1. The third-order valence-electron chi connectivity index (χ3n) is 1.49. The third-order valence-corrected chi connectivity index (χ3v) is 2.26. The van der Waals surface area contributed by atoms with Crippen molar-refractivity contribution in [2.45, 2.75) is 0 Å². The number of carboxylic acid groups (broad SMARTS) is 1. The van der Waals surface area contributed by atoms with Crippen LogP contribution in [0.2, 0.25) is 0 Å². The van der Waals surface area contributed by atoms with E-state index in [0.29, 0.717) is 0 Å². The molecule has 0 aliphatic rings. The van der Waals surface area contributed by atoms with Crippen molar-refractivity contribution in [2.75, 3.05) is 0 Å². The minimum absolute atomic E-state index is 0.354. The molecule has 0 aliphatic carbocycles. The fourth-order valence-electron chi connectivity index (χ4n) is 0.845. The average molecular weight is 264 g/mol. The zero-order valence-corrected chi connectivity index (χ0v) is 8.12. The molecule has 0 fully saturated rings. The smallest absolute Gasteiger partial charge is 0.336 e. The lowest BCUT2D eigenvalue weighted by Gasteiger charge is -2.00. The lowest BCUT2D eigenvalue weighted by atomic mass is 10.2. The maximum atomic E-state index is 13.1. The number of carbonyl (C=O) groups is 1. The first-order valence-corrected chi connectivity index (χ1v) is 4.10. The summed E-state index contributed by atoms with van der Waals surface area (Å²) in [6.45, 7) is 0. The Morgan fingerprint density at radius 2 is 2.14 bits per heavy atom. The van der Waals surface area contributed by atoms with Crippen LogP contribution in [0.5, 0.6) is 0 Å². The molecule has 0 saturated carbocycles. The molecule has 0 aromatic heterocycles. The Kier molecular flexibility index (Phi) is 2.80. The van der Waals surface area contributed by atoms with Crippen molar-refractivity contribution in [3.63, 3.8) is 0 Å². The molecule has 74 valence electrons. The molecule has 5 nitrogen and oxygen atoms in total. The Morgan fingerprint density at radius 3 is 2.57 bits per heavy atom. The van der Waals surface area contributed by atoms with Gasteiger partial charge < -0.3 is 5.11 Å². The lowest BCUT2D eigenvalue weighted by Crippen LogP contribution is -2.02. The first kappa shape index (κ1) is 10.6. The van der Waals surface area contributed by atoms with E-state index in [-0.39, 0.29) is 5.56 Å². The van der Waals surface area contributed by atoms with Crippen molar-refractivity contribution in [3.05, 3.63) is 38.1 Å². The normalized spacial score (nSPS) is 9.86. The number of hydrogen-bond donors (Lipinski definition) is 1. The van der Waals surface area contributed by atoms with Gasteiger partial charge in [-0.25, -0.2) is 4.79 Å². The van der Waals surface area contributed by atoms with E-state index in [1.165, 1.54) is 0 Å².